The van der Waals surface area contributed by atoms with Gasteiger partial charge < -0.3 is 10.4 Å². The number of aliphatic carboxylic acids is 1. The molecule has 25 heavy (non-hydrogen) atoms. The summed E-state index contributed by atoms with van der Waals surface area (Å²) in [6.07, 6.45) is 0. The summed E-state index contributed by atoms with van der Waals surface area (Å²) in [6, 6.07) is 19.5. The average Bonchev–Trinajstić information content (AvgIpc) is 3.06. The Bertz CT molecular complexity index is 718. The number of hydrogen-bond donors (Lipinski definition) is 2. The number of nitrogens with zero attached hydrogens (tertiary/aromatic N) is 1. The maximum atomic E-state index is 12.5. The SMILES string of the molecule is O=C(O)C1CN(Cc2ccccc2)CC1C(=O)NCc1ccccc1. The molecule has 1 aliphatic heterocycles. The number of carboxylic acids is 1. The first-order valence-electron chi connectivity index (χ1n) is 8.44. The molecule has 2 unspecified atom stereocenters. The minimum Gasteiger partial charge on any atom is -0.481 e. The molecule has 2 aromatic rings. The first-order valence-corrected chi connectivity index (χ1v) is 8.44. The van der Waals surface area contributed by atoms with Crippen molar-refractivity contribution in [1.82, 2.24) is 10.2 Å². The zero-order chi connectivity index (χ0) is 17.6. The van der Waals surface area contributed by atoms with Crippen molar-refractivity contribution in [1.29, 1.82) is 0 Å². The van der Waals surface area contributed by atoms with Crippen LogP contribution in [0.25, 0.3) is 0 Å². The van der Waals surface area contributed by atoms with E-state index in [1.54, 1.807) is 0 Å². The van der Waals surface area contributed by atoms with Gasteiger partial charge in [0.15, 0.2) is 0 Å². The Hall–Kier alpha value is -2.66. The Morgan fingerprint density at radius 2 is 1.48 bits per heavy atom. The molecule has 3 rings (SSSR count). The van der Waals surface area contributed by atoms with Gasteiger partial charge in [0.05, 0.1) is 11.8 Å². The second-order valence-corrected chi connectivity index (χ2v) is 6.43. The zero-order valence-electron chi connectivity index (χ0n) is 14.0. The number of rotatable bonds is 6. The number of carboxylic acid groups (broad SMARTS) is 1. The maximum absolute atomic E-state index is 12.5. The highest BCUT2D eigenvalue weighted by Crippen LogP contribution is 2.25. The molecule has 0 spiro atoms. The standard InChI is InChI=1S/C20H22N2O3/c23-19(21-11-15-7-3-1-4-8-15)17-13-22(14-18(17)20(24)25)12-16-9-5-2-6-10-16/h1-10,17-18H,11-14H2,(H,21,23)(H,24,25). The van der Waals surface area contributed by atoms with E-state index in [9.17, 15) is 14.7 Å². The molecule has 1 saturated heterocycles. The lowest BCUT2D eigenvalue weighted by Crippen LogP contribution is -2.37. The highest BCUT2D eigenvalue weighted by molar-refractivity contribution is 5.85. The first-order chi connectivity index (χ1) is 12.1. The number of carbonyl (C=O) groups excluding carboxylic acids is 1. The molecule has 1 aliphatic rings. The minimum atomic E-state index is -0.907. The lowest BCUT2D eigenvalue weighted by molar-refractivity contribution is -0.145. The van der Waals surface area contributed by atoms with E-state index in [2.05, 4.69) is 5.32 Å². The van der Waals surface area contributed by atoms with Crippen molar-refractivity contribution in [3.8, 4) is 0 Å². The molecule has 1 amide bonds. The first kappa shape index (κ1) is 17.2. The zero-order valence-corrected chi connectivity index (χ0v) is 14.0. The summed E-state index contributed by atoms with van der Waals surface area (Å²) in [7, 11) is 0. The van der Waals surface area contributed by atoms with Crippen LogP contribution in [0.4, 0.5) is 0 Å². The average molecular weight is 338 g/mol. The van der Waals surface area contributed by atoms with Crippen LogP contribution in [-0.4, -0.2) is 35.0 Å². The van der Waals surface area contributed by atoms with Crippen molar-refractivity contribution in [2.75, 3.05) is 13.1 Å². The fourth-order valence-electron chi connectivity index (χ4n) is 3.29. The number of likely N-dealkylation sites (tertiary alicyclic amines) is 1. The van der Waals surface area contributed by atoms with Gasteiger partial charge in [-0.15, -0.1) is 0 Å². The van der Waals surface area contributed by atoms with Gasteiger partial charge in [0, 0.05) is 26.2 Å². The third-order valence-corrected chi connectivity index (χ3v) is 4.61. The van der Waals surface area contributed by atoms with E-state index in [0.29, 0.717) is 26.2 Å². The number of amides is 1. The lowest BCUT2D eigenvalue weighted by atomic mass is 9.95. The van der Waals surface area contributed by atoms with Crippen LogP contribution in [0.15, 0.2) is 60.7 Å². The molecule has 0 radical (unpaired) electrons. The highest BCUT2D eigenvalue weighted by atomic mass is 16.4. The molecule has 5 nitrogen and oxygen atoms in total. The van der Waals surface area contributed by atoms with Crippen LogP contribution in [0.2, 0.25) is 0 Å². The van der Waals surface area contributed by atoms with E-state index in [1.807, 2.05) is 65.6 Å². The second-order valence-electron chi connectivity index (χ2n) is 6.43. The summed E-state index contributed by atoms with van der Waals surface area (Å²) in [5.74, 6) is -2.29. The third-order valence-electron chi connectivity index (χ3n) is 4.61. The lowest BCUT2D eigenvalue weighted by Gasteiger charge is -2.16. The number of benzene rings is 2. The number of carbonyl (C=O) groups is 2. The van der Waals surface area contributed by atoms with Crippen molar-refractivity contribution in [2.45, 2.75) is 13.1 Å². The van der Waals surface area contributed by atoms with Crippen molar-refractivity contribution in [2.24, 2.45) is 11.8 Å². The maximum Gasteiger partial charge on any atom is 0.308 e. The van der Waals surface area contributed by atoms with Gasteiger partial charge in [-0.05, 0) is 11.1 Å². The van der Waals surface area contributed by atoms with Gasteiger partial charge in [0.25, 0.3) is 0 Å². The molecule has 0 bridgehead atoms. The molecule has 0 aliphatic carbocycles. The van der Waals surface area contributed by atoms with Gasteiger partial charge in [0.2, 0.25) is 5.91 Å². The van der Waals surface area contributed by atoms with E-state index in [0.717, 1.165) is 11.1 Å². The molecule has 2 atom stereocenters. The van der Waals surface area contributed by atoms with E-state index in [-0.39, 0.29) is 5.91 Å². The van der Waals surface area contributed by atoms with Gasteiger partial charge in [-0.2, -0.15) is 0 Å². The van der Waals surface area contributed by atoms with Crippen LogP contribution in [0.5, 0.6) is 0 Å². The van der Waals surface area contributed by atoms with Crippen LogP contribution in [0, 0.1) is 11.8 Å². The quantitative estimate of drug-likeness (QED) is 0.847. The molecule has 1 fully saturated rings. The van der Waals surface area contributed by atoms with Gasteiger partial charge in [0.1, 0.15) is 0 Å². The molecule has 1 heterocycles. The highest BCUT2D eigenvalue weighted by Gasteiger charge is 2.41. The minimum absolute atomic E-state index is 0.188. The molecular formula is C20H22N2O3. The largest absolute Gasteiger partial charge is 0.481 e. The van der Waals surface area contributed by atoms with Crippen molar-refractivity contribution >= 4 is 11.9 Å². The second kappa shape index (κ2) is 7.94. The van der Waals surface area contributed by atoms with Crippen LogP contribution in [0.1, 0.15) is 11.1 Å². The monoisotopic (exact) mass is 338 g/mol. The Kier molecular flexibility index (Phi) is 5.46. The fraction of sp³-hybridized carbons (Fsp3) is 0.300. The topological polar surface area (TPSA) is 69.6 Å². The van der Waals surface area contributed by atoms with Crippen LogP contribution in [0.3, 0.4) is 0 Å². The van der Waals surface area contributed by atoms with Gasteiger partial charge in [-0.3, -0.25) is 14.5 Å². The molecular weight excluding hydrogens is 316 g/mol. The van der Waals surface area contributed by atoms with E-state index in [1.165, 1.54) is 0 Å². The molecule has 130 valence electrons. The van der Waals surface area contributed by atoms with Crippen molar-refractivity contribution in [3.05, 3.63) is 71.8 Å². The third kappa shape index (κ3) is 4.45. The van der Waals surface area contributed by atoms with E-state index < -0.39 is 17.8 Å². The smallest absolute Gasteiger partial charge is 0.308 e. The molecule has 0 aromatic heterocycles. The van der Waals surface area contributed by atoms with Crippen LogP contribution >= 0.6 is 0 Å². The van der Waals surface area contributed by atoms with Crippen molar-refractivity contribution < 1.29 is 14.7 Å². The summed E-state index contributed by atoms with van der Waals surface area (Å²) < 4.78 is 0. The predicted molar refractivity (Wildman–Crippen MR) is 94.6 cm³/mol. The van der Waals surface area contributed by atoms with Crippen LogP contribution < -0.4 is 5.32 Å². The van der Waals surface area contributed by atoms with E-state index >= 15 is 0 Å². The van der Waals surface area contributed by atoms with Gasteiger partial charge in [-0.25, -0.2) is 0 Å². The summed E-state index contributed by atoms with van der Waals surface area (Å²) in [6.45, 7) is 1.94. The molecule has 2 N–H and O–H groups in total. The van der Waals surface area contributed by atoms with Crippen molar-refractivity contribution in [3.63, 3.8) is 0 Å². The van der Waals surface area contributed by atoms with Crippen LogP contribution in [-0.2, 0) is 22.7 Å². The Labute approximate surface area is 147 Å². The molecule has 0 saturated carbocycles. The van der Waals surface area contributed by atoms with Gasteiger partial charge in [-0.1, -0.05) is 60.7 Å². The molecule has 5 heteroatoms. The summed E-state index contributed by atoms with van der Waals surface area (Å²) >= 11 is 0. The van der Waals surface area contributed by atoms with E-state index in [4.69, 9.17) is 0 Å². The normalized spacial score (nSPS) is 20.3. The Morgan fingerprint density at radius 1 is 0.920 bits per heavy atom. The Morgan fingerprint density at radius 3 is 2.08 bits per heavy atom. The predicted octanol–water partition coefficient (Wildman–Crippen LogP) is 2.14. The fourth-order valence-corrected chi connectivity index (χ4v) is 3.29. The summed E-state index contributed by atoms with van der Waals surface area (Å²) in [5.41, 5.74) is 2.12. The summed E-state index contributed by atoms with van der Waals surface area (Å²) in [4.78, 5) is 26.2. The number of nitrogens with one attached hydrogen (secondary N) is 1. The summed E-state index contributed by atoms with van der Waals surface area (Å²) in [5, 5.41) is 12.4. The van der Waals surface area contributed by atoms with Gasteiger partial charge >= 0.3 is 5.97 Å². The Balaban J connectivity index is 1.62. The number of hydrogen-bond acceptors (Lipinski definition) is 3. The molecule has 2 aromatic carbocycles.